The third kappa shape index (κ3) is 4.84. The monoisotopic (exact) mass is 496 g/mol. The Morgan fingerprint density at radius 1 is 1.13 bits per heavy atom. The van der Waals surface area contributed by atoms with E-state index < -0.39 is 12.0 Å². The highest BCUT2D eigenvalue weighted by molar-refractivity contribution is 9.10. The molecule has 4 rings (SSSR count). The smallest absolute Gasteiger partial charge is 0.271 e. The number of nitrogens with zero attached hydrogens (tertiary/aromatic N) is 1. The number of nitrogens with two attached hydrogens (primary N) is 1. The van der Waals surface area contributed by atoms with Gasteiger partial charge in [0.1, 0.15) is 11.4 Å². The Morgan fingerprint density at radius 2 is 1.87 bits per heavy atom. The molecular weight excluding hydrogens is 480 g/mol. The van der Waals surface area contributed by atoms with E-state index in [1.54, 1.807) is 23.7 Å². The topological polar surface area (TPSA) is 110 Å². The molecule has 0 radical (unpaired) electrons. The lowest BCUT2D eigenvalue weighted by Gasteiger charge is -2.19. The van der Waals surface area contributed by atoms with E-state index in [9.17, 15) is 9.59 Å². The Kier molecular flexibility index (Phi) is 6.15. The number of thiazole rings is 1. The van der Waals surface area contributed by atoms with Gasteiger partial charge in [0.15, 0.2) is 5.13 Å². The van der Waals surface area contributed by atoms with Crippen molar-refractivity contribution in [2.75, 3.05) is 5.32 Å². The van der Waals surface area contributed by atoms with Gasteiger partial charge >= 0.3 is 0 Å². The van der Waals surface area contributed by atoms with E-state index in [1.165, 1.54) is 11.3 Å². The van der Waals surface area contributed by atoms with E-state index >= 15 is 0 Å². The number of halogens is 1. The molecule has 2 heterocycles. The van der Waals surface area contributed by atoms with Crippen LogP contribution < -0.4 is 15.8 Å². The van der Waals surface area contributed by atoms with Gasteiger partial charge in [0, 0.05) is 22.7 Å². The summed E-state index contributed by atoms with van der Waals surface area (Å²) in [5.74, 6) is -0.350. The standard InChI is InChI=1S/C22H17BrN4O3S/c23-15-8-4-5-9-18(15)30-19(13-6-2-1-3-7-13)21(29)27-22-26-17(12-31-22)14-10-16(20(24)28)25-11-14/h1-12,19,25H,(H2,24,28)(H,26,27,29). The highest BCUT2D eigenvalue weighted by Crippen LogP contribution is 2.31. The van der Waals surface area contributed by atoms with Crippen LogP contribution in [0.25, 0.3) is 11.3 Å². The van der Waals surface area contributed by atoms with Crippen LogP contribution in [0.1, 0.15) is 22.2 Å². The maximum atomic E-state index is 13.1. The Morgan fingerprint density at radius 3 is 2.58 bits per heavy atom. The van der Waals surface area contributed by atoms with Gasteiger partial charge in [-0.05, 0) is 34.1 Å². The van der Waals surface area contributed by atoms with Gasteiger partial charge < -0.3 is 15.5 Å². The molecule has 2 aromatic heterocycles. The number of amides is 2. The number of benzene rings is 2. The molecule has 0 saturated carbocycles. The molecule has 2 aromatic carbocycles. The molecule has 7 nitrogen and oxygen atoms in total. The number of aromatic amines is 1. The summed E-state index contributed by atoms with van der Waals surface area (Å²) >= 11 is 4.73. The number of aromatic nitrogens is 2. The van der Waals surface area contributed by atoms with E-state index in [0.717, 1.165) is 4.47 Å². The van der Waals surface area contributed by atoms with Gasteiger partial charge in [0.25, 0.3) is 11.8 Å². The van der Waals surface area contributed by atoms with Crippen molar-refractivity contribution in [1.82, 2.24) is 9.97 Å². The van der Waals surface area contributed by atoms with Crippen LogP contribution in [-0.4, -0.2) is 21.8 Å². The van der Waals surface area contributed by atoms with Crippen LogP contribution in [0.4, 0.5) is 5.13 Å². The van der Waals surface area contributed by atoms with Crippen molar-refractivity contribution in [3.63, 3.8) is 0 Å². The Balaban J connectivity index is 1.56. The fourth-order valence-corrected chi connectivity index (χ4v) is 3.99. The fourth-order valence-electron chi connectivity index (χ4n) is 2.89. The van der Waals surface area contributed by atoms with E-state index in [4.69, 9.17) is 10.5 Å². The molecule has 1 unspecified atom stereocenters. The SMILES string of the molecule is NC(=O)c1cc(-c2csc(NC(=O)C(Oc3ccccc3Br)c3ccccc3)n2)c[nH]1. The number of primary amides is 1. The summed E-state index contributed by atoms with van der Waals surface area (Å²) in [6, 6.07) is 18.2. The maximum Gasteiger partial charge on any atom is 0.271 e. The van der Waals surface area contributed by atoms with Crippen molar-refractivity contribution in [1.29, 1.82) is 0 Å². The molecule has 0 fully saturated rings. The van der Waals surface area contributed by atoms with Gasteiger partial charge in [0.2, 0.25) is 6.10 Å². The molecule has 9 heteroatoms. The second-order valence-corrected chi connectivity index (χ2v) is 8.24. The van der Waals surface area contributed by atoms with Crippen molar-refractivity contribution in [2.24, 2.45) is 5.73 Å². The maximum absolute atomic E-state index is 13.1. The lowest BCUT2D eigenvalue weighted by atomic mass is 10.1. The average molecular weight is 497 g/mol. The van der Waals surface area contributed by atoms with Gasteiger partial charge in [-0.3, -0.25) is 14.9 Å². The lowest BCUT2D eigenvalue weighted by molar-refractivity contribution is -0.123. The largest absolute Gasteiger partial charge is 0.475 e. The van der Waals surface area contributed by atoms with E-state index in [-0.39, 0.29) is 5.91 Å². The van der Waals surface area contributed by atoms with Crippen LogP contribution in [0.15, 0.2) is 76.7 Å². The number of anilines is 1. The highest BCUT2D eigenvalue weighted by Gasteiger charge is 2.24. The Hall–Kier alpha value is -3.43. The summed E-state index contributed by atoms with van der Waals surface area (Å²) < 4.78 is 6.80. The zero-order valence-corrected chi connectivity index (χ0v) is 18.4. The summed E-state index contributed by atoms with van der Waals surface area (Å²) in [5.41, 5.74) is 7.60. The second kappa shape index (κ2) is 9.15. The normalized spacial score (nSPS) is 11.6. The molecule has 4 aromatic rings. The van der Waals surface area contributed by atoms with Gasteiger partial charge in [-0.25, -0.2) is 4.98 Å². The first-order chi connectivity index (χ1) is 15.0. The number of ether oxygens (including phenoxy) is 1. The van der Waals surface area contributed by atoms with Crippen molar-refractivity contribution in [2.45, 2.75) is 6.10 Å². The van der Waals surface area contributed by atoms with Crippen LogP contribution in [0.3, 0.4) is 0 Å². The summed E-state index contributed by atoms with van der Waals surface area (Å²) in [7, 11) is 0. The van der Waals surface area contributed by atoms with E-state index in [0.29, 0.717) is 33.4 Å². The summed E-state index contributed by atoms with van der Waals surface area (Å²) in [4.78, 5) is 31.6. The second-order valence-electron chi connectivity index (χ2n) is 6.53. The zero-order valence-electron chi connectivity index (χ0n) is 16.0. The van der Waals surface area contributed by atoms with Crippen molar-refractivity contribution in [3.05, 3.63) is 88.0 Å². The summed E-state index contributed by atoms with van der Waals surface area (Å²) in [6.45, 7) is 0. The quantitative estimate of drug-likeness (QED) is 0.342. The summed E-state index contributed by atoms with van der Waals surface area (Å²) in [6.07, 6.45) is 0.768. The van der Waals surface area contributed by atoms with E-state index in [2.05, 4.69) is 31.2 Å². The highest BCUT2D eigenvalue weighted by atomic mass is 79.9. The third-order valence-corrected chi connectivity index (χ3v) is 5.81. The fraction of sp³-hybridized carbons (Fsp3) is 0.0455. The number of carbonyl (C=O) groups excluding carboxylic acids is 2. The molecule has 1 atom stereocenters. The minimum absolute atomic E-state index is 0.291. The first-order valence-corrected chi connectivity index (χ1v) is 10.9. The minimum atomic E-state index is -0.874. The number of nitrogens with one attached hydrogen (secondary N) is 2. The first kappa shape index (κ1) is 20.8. The molecule has 0 aliphatic carbocycles. The molecule has 4 N–H and O–H groups in total. The van der Waals surface area contributed by atoms with Gasteiger partial charge in [-0.1, -0.05) is 42.5 Å². The van der Waals surface area contributed by atoms with Crippen molar-refractivity contribution < 1.29 is 14.3 Å². The summed E-state index contributed by atoms with van der Waals surface area (Å²) in [5, 5.41) is 5.03. The zero-order chi connectivity index (χ0) is 21.8. The van der Waals surface area contributed by atoms with Gasteiger partial charge in [-0.15, -0.1) is 11.3 Å². The number of para-hydroxylation sites is 1. The molecule has 0 bridgehead atoms. The molecule has 0 spiro atoms. The number of carbonyl (C=O) groups is 2. The van der Waals surface area contributed by atoms with Crippen LogP contribution in [-0.2, 0) is 4.79 Å². The average Bonchev–Trinajstić information content (AvgIpc) is 3.43. The number of hydrogen-bond donors (Lipinski definition) is 3. The Labute approximate surface area is 190 Å². The van der Waals surface area contributed by atoms with Crippen LogP contribution in [0, 0.1) is 0 Å². The predicted molar refractivity (Wildman–Crippen MR) is 123 cm³/mol. The van der Waals surface area contributed by atoms with Gasteiger partial charge in [-0.2, -0.15) is 0 Å². The molecular formula is C22H17BrN4O3S. The number of hydrogen-bond acceptors (Lipinski definition) is 5. The van der Waals surface area contributed by atoms with Crippen LogP contribution in [0.5, 0.6) is 5.75 Å². The van der Waals surface area contributed by atoms with Crippen molar-refractivity contribution in [3.8, 4) is 17.0 Å². The molecule has 31 heavy (non-hydrogen) atoms. The molecule has 2 amide bonds. The molecule has 0 aliphatic heterocycles. The molecule has 156 valence electrons. The predicted octanol–water partition coefficient (Wildman–Crippen LogP) is 4.76. The lowest BCUT2D eigenvalue weighted by Crippen LogP contribution is -2.25. The number of rotatable bonds is 7. The minimum Gasteiger partial charge on any atom is -0.475 e. The molecule has 0 saturated heterocycles. The van der Waals surface area contributed by atoms with E-state index in [1.807, 2.05) is 48.5 Å². The van der Waals surface area contributed by atoms with Gasteiger partial charge in [0.05, 0.1) is 10.2 Å². The van der Waals surface area contributed by atoms with Crippen LogP contribution >= 0.6 is 27.3 Å². The third-order valence-electron chi connectivity index (χ3n) is 4.40. The number of H-pyrrole nitrogens is 1. The Bertz CT molecular complexity index is 1220. The first-order valence-electron chi connectivity index (χ1n) is 9.22. The van der Waals surface area contributed by atoms with Crippen molar-refractivity contribution >= 4 is 44.2 Å². The molecule has 0 aliphatic rings. The van der Waals surface area contributed by atoms with Crippen LogP contribution in [0.2, 0.25) is 0 Å².